The van der Waals surface area contributed by atoms with Crippen LogP contribution in [0.1, 0.15) is 28.9 Å². The highest BCUT2D eigenvalue weighted by atomic mass is 16.5. The van der Waals surface area contributed by atoms with Crippen LogP contribution in [0.3, 0.4) is 0 Å². The molecule has 4 amide bonds. The van der Waals surface area contributed by atoms with E-state index in [9.17, 15) is 14.4 Å². The Bertz CT molecular complexity index is 1510. The van der Waals surface area contributed by atoms with E-state index in [0.29, 0.717) is 18.9 Å². The summed E-state index contributed by atoms with van der Waals surface area (Å²) in [7, 11) is 0. The third-order valence-corrected chi connectivity index (χ3v) is 6.33. The lowest BCUT2D eigenvalue weighted by Gasteiger charge is -2.25. The van der Waals surface area contributed by atoms with Crippen molar-refractivity contribution >= 4 is 34.8 Å². The Morgan fingerprint density at radius 1 is 1.03 bits per heavy atom. The number of ether oxygens (including phenoxy) is 1. The van der Waals surface area contributed by atoms with Crippen LogP contribution in [0.4, 0.5) is 4.79 Å². The molecule has 0 bridgehead atoms. The summed E-state index contributed by atoms with van der Waals surface area (Å²) in [4.78, 5) is 39.0. The number of para-hydroxylation sites is 1. The lowest BCUT2D eigenvalue weighted by Crippen LogP contribution is -2.53. The second-order valence-corrected chi connectivity index (χ2v) is 9.05. The summed E-state index contributed by atoms with van der Waals surface area (Å²) in [5.41, 5.74) is 3.90. The van der Waals surface area contributed by atoms with Gasteiger partial charge in [0.1, 0.15) is 17.1 Å². The zero-order valence-electron chi connectivity index (χ0n) is 20.7. The van der Waals surface area contributed by atoms with Gasteiger partial charge in [0, 0.05) is 29.2 Å². The van der Waals surface area contributed by atoms with E-state index in [1.807, 2.05) is 49.5 Å². The molecule has 0 aliphatic carbocycles. The molecule has 2 aromatic carbocycles. The van der Waals surface area contributed by atoms with Gasteiger partial charge in [0.15, 0.2) is 0 Å². The van der Waals surface area contributed by atoms with Crippen molar-refractivity contribution in [3.63, 3.8) is 0 Å². The van der Waals surface area contributed by atoms with E-state index in [1.165, 1.54) is 11.8 Å². The van der Waals surface area contributed by atoms with Crippen LogP contribution in [-0.4, -0.2) is 33.9 Å². The maximum atomic E-state index is 13.1. The van der Waals surface area contributed by atoms with Crippen molar-refractivity contribution in [2.75, 3.05) is 6.61 Å². The number of hydrogen-bond acceptors (Lipinski definition) is 5. The molecule has 1 saturated heterocycles. The number of amides is 4. The number of aryl methyl sites for hydroxylation is 3. The van der Waals surface area contributed by atoms with Gasteiger partial charge in [-0.05, 0) is 56.2 Å². The summed E-state index contributed by atoms with van der Waals surface area (Å²) >= 11 is 0. The number of urea groups is 1. The topological polar surface area (TPSA) is 93.8 Å². The summed E-state index contributed by atoms with van der Waals surface area (Å²) in [6.45, 7) is 5.27. The highest BCUT2D eigenvalue weighted by molar-refractivity contribution is 6.31. The van der Waals surface area contributed by atoms with Crippen molar-refractivity contribution in [1.82, 2.24) is 14.8 Å². The first-order valence-corrected chi connectivity index (χ1v) is 12.1. The van der Waals surface area contributed by atoms with E-state index < -0.39 is 17.8 Å². The Morgan fingerprint density at radius 3 is 2.65 bits per heavy atom. The molecule has 0 spiro atoms. The van der Waals surface area contributed by atoms with Crippen molar-refractivity contribution in [3.8, 4) is 5.75 Å². The average molecular weight is 498 g/mol. The maximum Gasteiger partial charge on any atom is 0.331 e. The molecule has 3 heterocycles. The Labute approximate surface area is 214 Å². The molecule has 0 unspecified atom stereocenters. The van der Waals surface area contributed by atoms with Gasteiger partial charge in [-0.2, -0.15) is 0 Å². The number of nitrogens with one attached hydrogen (secondary N) is 1. The Morgan fingerprint density at radius 2 is 1.86 bits per heavy atom. The minimum absolute atomic E-state index is 0.0650. The van der Waals surface area contributed by atoms with Crippen LogP contribution in [0.25, 0.3) is 17.0 Å². The van der Waals surface area contributed by atoms with E-state index >= 15 is 0 Å². The van der Waals surface area contributed by atoms with Gasteiger partial charge >= 0.3 is 6.03 Å². The van der Waals surface area contributed by atoms with E-state index in [2.05, 4.69) is 22.9 Å². The van der Waals surface area contributed by atoms with Gasteiger partial charge in [0.05, 0.1) is 19.4 Å². The molecule has 37 heavy (non-hydrogen) atoms. The molecule has 188 valence electrons. The molecule has 0 radical (unpaired) electrons. The minimum Gasteiger partial charge on any atom is -0.493 e. The Balaban J connectivity index is 1.36. The average Bonchev–Trinajstić information content (AvgIpc) is 3.51. The first kappa shape index (κ1) is 24.1. The molecule has 0 atom stereocenters. The molecule has 4 aromatic rings. The lowest BCUT2D eigenvalue weighted by molar-refractivity contribution is -0.130. The third-order valence-electron chi connectivity index (χ3n) is 6.33. The number of furan rings is 1. The molecule has 0 saturated carbocycles. The largest absolute Gasteiger partial charge is 0.493 e. The normalized spacial score (nSPS) is 15.0. The van der Waals surface area contributed by atoms with Gasteiger partial charge in [-0.3, -0.25) is 19.8 Å². The summed E-state index contributed by atoms with van der Waals surface area (Å²) in [6, 6.07) is 16.5. The van der Waals surface area contributed by atoms with Crippen molar-refractivity contribution in [1.29, 1.82) is 0 Å². The second-order valence-electron chi connectivity index (χ2n) is 9.05. The van der Waals surface area contributed by atoms with Crippen molar-refractivity contribution < 1.29 is 23.5 Å². The molecule has 5 rings (SSSR count). The number of benzene rings is 2. The van der Waals surface area contributed by atoms with Crippen molar-refractivity contribution in [2.24, 2.45) is 0 Å². The quantitative estimate of drug-likeness (QED) is 0.210. The molecule has 1 fully saturated rings. The predicted octanol–water partition coefficient (Wildman–Crippen LogP) is 4.98. The monoisotopic (exact) mass is 497 g/mol. The van der Waals surface area contributed by atoms with Crippen LogP contribution < -0.4 is 10.1 Å². The fourth-order valence-corrected chi connectivity index (χ4v) is 4.50. The van der Waals surface area contributed by atoms with Crippen LogP contribution in [-0.2, 0) is 22.7 Å². The lowest BCUT2D eigenvalue weighted by atomic mass is 10.1. The van der Waals surface area contributed by atoms with Gasteiger partial charge in [0.25, 0.3) is 11.8 Å². The fraction of sp³-hybridized carbons (Fsp3) is 0.207. The number of carbonyl (C=O) groups excluding carboxylic acids is 3. The zero-order chi connectivity index (χ0) is 25.9. The number of hydrogen-bond donors (Lipinski definition) is 1. The number of barbiturate groups is 1. The van der Waals surface area contributed by atoms with E-state index in [0.717, 1.165) is 39.1 Å². The van der Waals surface area contributed by atoms with Crippen LogP contribution >= 0.6 is 0 Å². The highest BCUT2D eigenvalue weighted by Gasteiger charge is 2.36. The van der Waals surface area contributed by atoms with Gasteiger partial charge in [-0.1, -0.05) is 35.9 Å². The smallest absolute Gasteiger partial charge is 0.331 e. The minimum atomic E-state index is -0.769. The van der Waals surface area contributed by atoms with Crippen LogP contribution in [0.5, 0.6) is 5.75 Å². The summed E-state index contributed by atoms with van der Waals surface area (Å²) in [5.74, 6) is -0.0612. The van der Waals surface area contributed by atoms with E-state index in [4.69, 9.17) is 9.15 Å². The van der Waals surface area contributed by atoms with Crippen LogP contribution in [0, 0.1) is 13.8 Å². The highest BCUT2D eigenvalue weighted by Crippen LogP contribution is 2.26. The number of nitrogens with zero attached hydrogens (tertiary/aromatic N) is 2. The van der Waals surface area contributed by atoms with E-state index in [-0.39, 0.29) is 12.1 Å². The first-order valence-electron chi connectivity index (χ1n) is 12.1. The molecule has 1 aliphatic rings. The second kappa shape index (κ2) is 10.2. The maximum absolute atomic E-state index is 13.1. The molecule has 1 N–H and O–H groups in total. The standard InChI is InChI=1S/C29H27N3O5/c1-19-10-11-26(20(2)15-19)37-14-6-12-31-17-21(23-8-3-4-9-25(23)31)16-24-27(33)30-29(35)32(28(24)34)18-22-7-5-13-36-22/h3-5,7-11,13,15-17H,6,12,14,18H2,1-2H3,(H,30,33,35)/b24-16+. The van der Waals surface area contributed by atoms with Crippen LogP contribution in [0.15, 0.2) is 77.0 Å². The number of aromatic nitrogens is 1. The van der Waals surface area contributed by atoms with Crippen LogP contribution in [0.2, 0.25) is 0 Å². The van der Waals surface area contributed by atoms with Crippen molar-refractivity contribution in [3.05, 3.63) is 95.1 Å². The molecule has 8 heteroatoms. The Kier molecular flexibility index (Phi) is 6.64. The van der Waals surface area contributed by atoms with Gasteiger partial charge in [0.2, 0.25) is 0 Å². The first-order chi connectivity index (χ1) is 17.9. The number of rotatable bonds is 8. The summed E-state index contributed by atoms with van der Waals surface area (Å²) < 4.78 is 13.3. The van der Waals surface area contributed by atoms with E-state index in [1.54, 1.807) is 18.2 Å². The molecular weight excluding hydrogens is 470 g/mol. The number of fused-ring (bicyclic) bond motifs is 1. The SMILES string of the molecule is Cc1ccc(OCCCn2cc(/C=C3\C(=O)NC(=O)N(Cc4ccco4)C3=O)c3ccccc32)c(C)c1. The van der Waals surface area contributed by atoms with Gasteiger partial charge < -0.3 is 13.7 Å². The Hall–Kier alpha value is -4.59. The molecule has 8 nitrogen and oxygen atoms in total. The summed E-state index contributed by atoms with van der Waals surface area (Å²) in [6.07, 6.45) is 5.70. The van der Waals surface area contributed by atoms with Crippen molar-refractivity contribution in [2.45, 2.75) is 33.4 Å². The van der Waals surface area contributed by atoms with Gasteiger partial charge in [-0.25, -0.2) is 4.79 Å². The summed E-state index contributed by atoms with van der Waals surface area (Å²) in [5, 5.41) is 3.16. The number of imide groups is 2. The predicted molar refractivity (Wildman–Crippen MR) is 139 cm³/mol. The fourth-order valence-electron chi connectivity index (χ4n) is 4.50. The number of carbonyl (C=O) groups is 3. The molecular formula is C29H27N3O5. The van der Waals surface area contributed by atoms with Gasteiger partial charge in [-0.15, -0.1) is 0 Å². The molecule has 2 aromatic heterocycles. The third kappa shape index (κ3) is 5.04. The molecule has 1 aliphatic heterocycles. The zero-order valence-corrected chi connectivity index (χ0v) is 20.7.